The number of hydrogen-bond acceptors (Lipinski definition) is 1. The number of benzene rings is 1. The SMILES string of the molecule is Cc1ccc(C2=CC=C3SC4C=CC=CC4(C)C3(C)C2)cc1. The zero-order valence-electron chi connectivity index (χ0n) is 13.5. The van der Waals surface area contributed by atoms with Crippen molar-refractivity contribution < 1.29 is 0 Å². The van der Waals surface area contributed by atoms with Gasteiger partial charge in [0.05, 0.1) is 0 Å². The van der Waals surface area contributed by atoms with Crippen molar-refractivity contribution >= 4 is 17.3 Å². The first kappa shape index (κ1) is 14.1. The van der Waals surface area contributed by atoms with Gasteiger partial charge < -0.3 is 0 Å². The van der Waals surface area contributed by atoms with E-state index in [0.717, 1.165) is 6.42 Å². The Morgan fingerprint density at radius 2 is 1.82 bits per heavy atom. The maximum Gasteiger partial charge on any atom is 0.0371 e. The summed E-state index contributed by atoms with van der Waals surface area (Å²) < 4.78 is 0. The first-order valence-electron chi connectivity index (χ1n) is 8.04. The molecular formula is C21H22S. The third-order valence-corrected chi connectivity index (χ3v) is 7.56. The normalized spacial score (nSPS) is 35.7. The Morgan fingerprint density at radius 1 is 1.05 bits per heavy atom. The highest BCUT2D eigenvalue weighted by Gasteiger charge is 2.57. The number of allylic oxidation sites excluding steroid dienone is 7. The predicted molar refractivity (Wildman–Crippen MR) is 97.7 cm³/mol. The van der Waals surface area contributed by atoms with Gasteiger partial charge in [-0.1, -0.05) is 80.1 Å². The zero-order chi connectivity index (χ0) is 15.4. The Labute approximate surface area is 137 Å². The molecule has 22 heavy (non-hydrogen) atoms. The molecule has 3 unspecified atom stereocenters. The van der Waals surface area contributed by atoms with Crippen LogP contribution in [0.25, 0.3) is 5.57 Å². The molecule has 112 valence electrons. The highest BCUT2D eigenvalue weighted by atomic mass is 32.2. The monoisotopic (exact) mass is 306 g/mol. The molecule has 0 radical (unpaired) electrons. The van der Waals surface area contributed by atoms with Gasteiger partial charge in [0.1, 0.15) is 0 Å². The lowest BCUT2D eigenvalue weighted by atomic mass is 9.58. The van der Waals surface area contributed by atoms with E-state index in [9.17, 15) is 0 Å². The molecule has 0 N–H and O–H groups in total. The summed E-state index contributed by atoms with van der Waals surface area (Å²) in [4.78, 5) is 1.55. The van der Waals surface area contributed by atoms with Gasteiger partial charge in [-0.2, -0.15) is 0 Å². The average Bonchev–Trinajstić information content (AvgIpc) is 2.75. The topological polar surface area (TPSA) is 0 Å². The van der Waals surface area contributed by atoms with Crippen LogP contribution in [-0.2, 0) is 0 Å². The van der Waals surface area contributed by atoms with E-state index >= 15 is 0 Å². The summed E-state index contributed by atoms with van der Waals surface area (Å²) in [5, 5.41) is 0.569. The molecule has 0 saturated carbocycles. The lowest BCUT2D eigenvalue weighted by molar-refractivity contribution is 0.203. The summed E-state index contributed by atoms with van der Waals surface area (Å²) in [5.41, 5.74) is 4.58. The first-order valence-corrected chi connectivity index (χ1v) is 8.92. The van der Waals surface area contributed by atoms with Gasteiger partial charge in [0.2, 0.25) is 0 Å². The molecule has 1 aliphatic heterocycles. The van der Waals surface area contributed by atoms with Crippen molar-refractivity contribution in [3.8, 4) is 0 Å². The smallest absolute Gasteiger partial charge is 0.0371 e. The minimum absolute atomic E-state index is 0.207. The molecule has 0 amide bonds. The van der Waals surface area contributed by atoms with Crippen LogP contribution >= 0.6 is 11.8 Å². The van der Waals surface area contributed by atoms with Crippen LogP contribution in [0.3, 0.4) is 0 Å². The highest BCUT2D eigenvalue weighted by molar-refractivity contribution is 8.04. The van der Waals surface area contributed by atoms with Crippen LogP contribution < -0.4 is 0 Å². The average molecular weight is 306 g/mol. The molecule has 3 atom stereocenters. The van der Waals surface area contributed by atoms with Crippen molar-refractivity contribution in [2.24, 2.45) is 10.8 Å². The third kappa shape index (κ3) is 1.85. The van der Waals surface area contributed by atoms with Gasteiger partial charge in [0.15, 0.2) is 0 Å². The van der Waals surface area contributed by atoms with Gasteiger partial charge in [0, 0.05) is 16.1 Å². The molecule has 0 nitrogen and oxygen atoms in total. The lowest BCUT2D eigenvalue weighted by Crippen LogP contribution is -2.39. The first-order chi connectivity index (χ1) is 10.5. The fraction of sp³-hybridized carbons (Fsp3) is 0.333. The van der Waals surface area contributed by atoms with Crippen molar-refractivity contribution in [3.05, 3.63) is 76.8 Å². The van der Waals surface area contributed by atoms with Crippen LogP contribution in [-0.4, -0.2) is 5.25 Å². The van der Waals surface area contributed by atoms with Gasteiger partial charge in [-0.3, -0.25) is 0 Å². The molecule has 1 saturated heterocycles. The van der Waals surface area contributed by atoms with Gasteiger partial charge in [-0.15, -0.1) is 11.8 Å². The molecule has 2 aliphatic carbocycles. The Morgan fingerprint density at radius 3 is 2.59 bits per heavy atom. The maximum absolute atomic E-state index is 2.45. The van der Waals surface area contributed by atoms with Gasteiger partial charge in [0.25, 0.3) is 0 Å². The lowest BCUT2D eigenvalue weighted by Gasteiger charge is -2.44. The Balaban J connectivity index is 1.75. The maximum atomic E-state index is 2.45. The van der Waals surface area contributed by atoms with E-state index in [0.29, 0.717) is 5.25 Å². The van der Waals surface area contributed by atoms with E-state index in [4.69, 9.17) is 0 Å². The second kappa shape index (κ2) is 4.76. The molecule has 0 aromatic heterocycles. The molecule has 1 heteroatoms. The Bertz CT molecular complexity index is 732. The fourth-order valence-corrected chi connectivity index (χ4v) is 5.72. The molecule has 4 rings (SSSR count). The number of thioether (sulfide) groups is 1. The molecule has 1 fully saturated rings. The highest BCUT2D eigenvalue weighted by Crippen LogP contribution is 2.67. The molecule has 1 aromatic carbocycles. The Hall–Kier alpha value is -1.47. The standard InChI is InChI=1S/C21H22S/c1-15-7-9-16(10-8-15)17-11-12-19-21(3,14-17)20(2)13-5-4-6-18(20)22-19/h4-13,18H,14H2,1-3H3. The van der Waals surface area contributed by atoms with E-state index in [2.05, 4.69) is 93.3 Å². The van der Waals surface area contributed by atoms with Crippen LogP contribution in [0.15, 0.2) is 65.6 Å². The minimum atomic E-state index is 0.207. The molecule has 0 spiro atoms. The number of aryl methyl sites for hydroxylation is 1. The summed E-state index contributed by atoms with van der Waals surface area (Å²) >= 11 is 2.05. The summed E-state index contributed by atoms with van der Waals surface area (Å²) in [6.07, 6.45) is 15.1. The van der Waals surface area contributed by atoms with E-state index in [1.54, 1.807) is 4.91 Å². The third-order valence-electron chi connectivity index (χ3n) is 5.82. The van der Waals surface area contributed by atoms with Crippen LogP contribution in [0.1, 0.15) is 31.4 Å². The van der Waals surface area contributed by atoms with Gasteiger partial charge in [-0.25, -0.2) is 0 Å². The van der Waals surface area contributed by atoms with Gasteiger partial charge >= 0.3 is 0 Å². The van der Waals surface area contributed by atoms with E-state index in [1.165, 1.54) is 16.7 Å². The number of hydrogen-bond donors (Lipinski definition) is 0. The summed E-state index contributed by atoms with van der Waals surface area (Å²) in [6, 6.07) is 8.97. The second-order valence-electron chi connectivity index (χ2n) is 7.16. The molecule has 3 aliphatic rings. The molecule has 1 heterocycles. The zero-order valence-corrected chi connectivity index (χ0v) is 14.3. The van der Waals surface area contributed by atoms with Gasteiger partial charge in [-0.05, 0) is 29.4 Å². The quantitative estimate of drug-likeness (QED) is 0.620. The van der Waals surface area contributed by atoms with Crippen molar-refractivity contribution in [1.82, 2.24) is 0 Å². The summed E-state index contributed by atoms with van der Waals surface area (Å²) in [6.45, 7) is 7.04. The van der Waals surface area contributed by atoms with Crippen molar-refractivity contribution in [2.75, 3.05) is 0 Å². The fourth-order valence-electron chi connectivity index (χ4n) is 3.99. The summed E-state index contributed by atoms with van der Waals surface area (Å²) in [5.74, 6) is 0. The van der Waals surface area contributed by atoms with E-state index in [1.807, 2.05) is 0 Å². The molecule has 0 bridgehead atoms. The number of rotatable bonds is 1. The Kier molecular flexibility index (Phi) is 3.06. The second-order valence-corrected chi connectivity index (χ2v) is 8.35. The van der Waals surface area contributed by atoms with Crippen LogP contribution in [0.4, 0.5) is 0 Å². The predicted octanol–water partition coefficient (Wildman–Crippen LogP) is 5.92. The van der Waals surface area contributed by atoms with Crippen LogP contribution in [0, 0.1) is 17.8 Å². The van der Waals surface area contributed by atoms with Crippen molar-refractivity contribution in [2.45, 2.75) is 32.4 Å². The van der Waals surface area contributed by atoms with Crippen LogP contribution in [0.2, 0.25) is 0 Å². The van der Waals surface area contributed by atoms with Crippen molar-refractivity contribution in [1.29, 1.82) is 0 Å². The summed E-state index contributed by atoms with van der Waals surface area (Å²) in [7, 11) is 0. The minimum Gasteiger partial charge on any atom is -0.121 e. The molecular weight excluding hydrogens is 284 g/mol. The van der Waals surface area contributed by atoms with E-state index < -0.39 is 0 Å². The molecule has 1 aromatic rings. The van der Waals surface area contributed by atoms with Crippen LogP contribution in [0.5, 0.6) is 0 Å². The largest absolute Gasteiger partial charge is 0.121 e. The van der Waals surface area contributed by atoms with E-state index in [-0.39, 0.29) is 10.8 Å². The number of fused-ring (bicyclic) bond motifs is 3. The van der Waals surface area contributed by atoms with Crippen molar-refractivity contribution in [3.63, 3.8) is 0 Å².